The Hall–Kier alpha value is -3.46. The van der Waals surface area contributed by atoms with Crippen molar-refractivity contribution in [1.82, 2.24) is 19.2 Å². The number of halogens is 3. The molecule has 234 valence electrons. The summed E-state index contributed by atoms with van der Waals surface area (Å²) in [5, 5.41) is 3.60. The van der Waals surface area contributed by atoms with Gasteiger partial charge in [-0.2, -0.15) is 0 Å². The number of benzene rings is 2. The van der Waals surface area contributed by atoms with E-state index in [4.69, 9.17) is 28.2 Å². The van der Waals surface area contributed by atoms with Gasteiger partial charge in [-0.3, -0.25) is 14.5 Å². The number of aryl methyl sites for hydroxylation is 1. The zero-order valence-electron chi connectivity index (χ0n) is 25.2. The maximum absolute atomic E-state index is 15.9. The maximum atomic E-state index is 15.9. The summed E-state index contributed by atoms with van der Waals surface area (Å²) < 4.78 is 17.9. The summed E-state index contributed by atoms with van der Waals surface area (Å²) in [7, 11) is 0. The van der Waals surface area contributed by atoms with E-state index in [-0.39, 0.29) is 22.8 Å². The van der Waals surface area contributed by atoms with Crippen molar-refractivity contribution in [3.8, 4) is 0 Å². The molecule has 0 bridgehead atoms. The van der Waals surface area contributed by atoms with Gasteiger partial charge in [-0.05, 0) is 86.9 Å². The molecule has 2 aliphatic heterocycles. The molecule has 7 rings (SSSR count). The highest BCUT2D eigenvalue weighted by Gasteiger charge is 2.50. The first-order valence-electron chi connectivity index (χ1n) is 15.8. The monoisotopic (exact) mass is 647 g/mol. The molecule has 10 heteroatoms. The molecule has 0 spiro atoms. The predicted molar refractivity (Wildman–Crippen MR) is 175 cm³/mol. The molecule has 0 radical (unpaired) electrons. The van der Waals surface area contributed by atoms with Crippen molar-refractivity contribution in [1.29, 1.82) is 0 Å². The molecule has 2 aromatic heterocycles. The van der Waals surface area contributed by atoms with E-state index in [9.17, 15) is 9.59 Å². The summed E-state index contributed by atoms with van der Waals surface area (Å²) in [6.07, 6.45) is 7.31. The fraction of sp³-hybridized carbons (Fsp3) is 0.400. The van der Waals surface area contributed by atoms with Crippen LogP contribution in [0.4, 0.5) is 10.1 Å². The summed E-state index contributed by atoms with van der Waals surface area (Å²) in [6, 6.07) is 15.1. The molecular formula is C35H36Cl2FN5O2. The van der Waals surface area contributed by atoms with E-state index in [2.05, 4.69) is 10.2 Å². The van der Waals surface area contributed by atoms with Gasteiger partial charge in [0, 0.05) is 66.2 Å². The Labute approximate surface area is 272 Å². The van der Waals surface area contributed by atoms with Gasteiger partial charge in [0.2, 0.25) is 5.91 Å². The lowest BCUT2D eigenvalue weighted by Gasteiger charge is -2.28. The minimum absolute atomic E-state index is 0.0208. The third kappa shape index (κ3) is 5.96. The number of nitrogens with zero attached hydrogens (tertiary/aromatic N) is 4. The second-order valence-electron chi connectivity index (χ2n) is 12.7. The fourth-order valence-corrected chi connectivity index (χ4v) is 7.60. The number of amides is 2. The minimum atomic E-state index is -0.664. The number of carbonyl (C=O) groups excluding carboxylic acids is 2. The summed E-state index contributed by atoms with van der Waals surface area (Å²) in [5.41, 5.74) is 3.95. The van der Waals surface area contributed by atoms with E-state index >= 15 is 4.39 Å². The molecule has 4 heterocycles. The minimum Gasteiger partial charge on any atom is -0.339 e. The molecule has 1 aliphatic carbocycles. The van der Waals surface area contributed by atoms with Gasteiger partial charge in [-0.15, -0.1) is 0 Å². The van der Waals surface area contributed by atoms with Gasteiger partial charge < -0.3 is 14.6 Å². The number of carbonyl (C=O) groups is 2. The number of imidazole rings is 1. The van der Waals surface area contributed by atoms with Crippen LogP contribution in [0.2, 0.25) is 10.0 Å². The number of nitrogens with one attached hydrogen (secondary N) is 1. The second-order valence-corrected chi connectivity index (χ2v) is 13.5. The summed E-state index contributed by atoms with van der Waals surface area (Å²) >= 11 is 12.6. The Bertz CT molecular complexity index is 1770. The molecule has 45 heavy (non-hydrogen) atoms. The quantitative estimate of drug-likeness (QED) is 0.228. The Morgan fingerprint density at radius 1 is 1.02 bits per heavy atom. The highest BCUT2D eigenvalue weighted by Crippen LogP contribution is 2.48. The van der Waals surface area contributed by atoms with Crippen molar-refractivity contribution in [3.63, 3.8) is 0 Å². The van der Waals surface area contributed by atoms with Gasteiger partial charge >= 0.3 is 0 Å². The van der Waals surface area contributed by atoms with Gasteiger partial charge in [0.1, 0.15) is 11.5 Å². The number of pyridine rings is 1. The average Bonchev–Trinajstić information content (AvgIpc) is 3.70. The van der Waals surface area contributed by atoms with E-state index < -0.39 is 17.8 Å². The van der Waals surface area contributed by atoms with Crippen molar-refractivity contribution < 1.29 is 14.0 Å². The Morgan fingerprint density at radius 2 is 1.80 bits per heavy atom. The molecule has 3 aliphatic rings. The zero-order valence-corrected chi connectivity index (χ0v) is 26.7. The SMILES string of the molecule is Cc1c([C@@H]2CN(CC3CC3)[C@@H](C(=O)Nc3cccc(Cl)c3)[C@H]2c2cccc(Cl)c2F)nc2cc(C(=O)N3CCCCC3)ccn12. The number of likely N-dealkylation sites (tertiary alicyclic amines) is 2. The third-order valence-electron chi connectivity index (χ3n) is 9.63. The van der Waals surface area contributed by atoms with Gasteiger partial charge in [0.25, 0.3) is 5.91 Å². The molecule has 7 nitrogen and oxygen atoms in total. The summed E-state index contributed by atoms with van der Waals surface area (Å²) in [4.78, 5) is 36.7. The zero-order chi connectivity index (χ0) is 31.2. The van der Waals surface area contributed by atoms with Crippen LogP contribution in [-0.2, 0) is 4.79 Å². The third-order valence-corrected chi connectivity index (χ3v) is 10.2. The van der Waals surface area contributed by atoms with Crippen LogP contribution in [0.5, 0.6) is 0 Å². The van der Waals surface area contributed by atoms with Crippen LogP contribution in [0.1, 0.15) is 71.2 Å². The number of hydrogen-bond donors (Lipinski definition) is 1. The van der Waals surface area contributed by atoms with Crippen LogP contribution in [0.15, 0.2) is 60.8 Å². The van der Waals surface area contributed by atoms with Gasteiger partial charge in [-0.1, -0.05) is 41.4 Å². The number of aromatic nitrogens is 2. The molecule has 2 amide bonds. The standard InChI is InChI=1S/C35H36Cl2FN5O2/c1-21-32(40-29-17-23(13-16-43(21)29)35(45)41-14-3-2-4-15-41)27-20-42(19-22-11-12-22)33(30(27)26-9-6-10-28(37)31(26)38)34(44)39-25-8-5-7-24(36)18-25/h5-10,13,16-18,22,27,30,33H,2-4,11-12,14-15,19-20H2,1H3,(H,39,44)/t27-,30+,33-/m1/s1. The molecule has 0 unspecified atom stereocenters. The van der Waals surface area contributed by atoms with Crippen LogP contribution in [0.3, 0.4) is 0 Å². The van der Waals surface area contributed by atoms with Crippen LogP contribution >= 0.6 is 23.2 Å². The number of anilines is 1. The van der Waals surface area contributed by atoms with E-state index in [0.717, 1.165) is 63.1 Å². The molecule has 4 aromatic rings. The number of hydrogen-bond acceptors (Lipinski definition) is 4. The van der Waals surface area contributed by atoms with E-state index in [0.29, 0.717) is 39.9 Å². The van der Waals surface area contributed by atoms with E-state index in [1.807, 2.05) is 34.6 Å². The molecule has 2 aromatic carbocycles. The van der Waals surface area contributed by atoms with E-state index in [1.54, 1.807) is 36.4 Å². The van der Waals surface area contributed by atoms with Crippen LogP contribution in [-0.4, -0.2) is 63.2 Å². The lowest BCUT2D eigenvalue weighted by atomic mass is 9.81. The smallest absolute Gasteiger partial charge is 0.254 e. The van der Waals surface area contributed by atoms with Crippen LogP contribution in [0.25, 0.3) is 5.65 Å². The molecule has 2 saturated heterocycles. The van der Waals surface area contributed by atoms with Crippen molar-refractivity contribution in [2.75, 3.05) is 31.5 Å². The van der Waals surface area contributed by atoms with Gasteiger partial charge in [-0.25, -0.2) is 9.37 Å². The van der Waals surface area contributed by atoms with Crippen molar-refractivity contribution >= 4 is 46.4 Å². The van der Waals surface area contributed by atoms with Gasteiger partial charge in [0.15, 0.2) is 0 Å². The Kier molecular flexibility index (Phi) is 8.31. The van der Waals surface area contributed by atoms with Gasteiger partial charge in [0.05, 0.1) is 16.8 Å². The first-order valence-corrected chi connectivity index (χ1v) is 16.6. The number of piperidine rings is 1. The fourth-order valence-electron chi connectivity index (χ4n) is 7.23. The normalized spacial score (nSPS) is 22.2. The lowest BCUT2D eigenvalue weighted by molar-refractivity contribution is -0.120. The largest absolute Gasteiger partial charge is 0.339 e. The molecule has 1 saturated carbocycles. The lowest BCUT2D eigenvalue weighted by Crippen LogP contribution is -2.43. The first kappa shape index (κ1) is 30.2. The van der Waals surface area contributed by atoms with Crippen LogP contribution < -0.4 is 5.32 Å². The highest BCUT2D eigenvalue weighted by atomic mass is 35.5. The van der Waals surface area contributed by atoms with Crippen molar-refractivity contribution in [3.05, 3.63) is 99.2 Å². The number of fused-ring (bicyclic) bond motifs is 1. The second kappa shape index (κ2) is 12.4. The first-order chi connectivity index (χ1) is 21.8. The molecule has 3 fully saturated rings. The van der Waals surface area contributed by atoms with Crippen LogP contribution in [0, 0.1) is 18.7 Å². The van der Waals surface area contributed by atoms with Crippen molar-refractivity contribution in [2.24, 2.45) is 5.92 Å². The maximum Gasteiger partial charge on any atom is 0.254 e. The summed E-state index contributed by atoms with van der Waals surface area (Å²) in [6.45, 7) is 4.81. The Morgan fingerprint density at radius 3 is 2.56 bits per heavy atom. The average molecular weight is 649 g/mol. The van der Waals surface area contributed by atoms with Crippen molar-refractivity contribution in [2.45, 2.75) is 56.9 Å². The predicted octanol–water partition coefficient (Wildman–Crippen LogP) is 7.32. The Balaban J connectivity index is 1.30. The topological polar surface area (TPSA) is 70.0 Å². The molecule has 3 atom stereocenters. The highest BCUT2D eigenvalue weighted by molar-refractivity contribution is 6.31. The molecular weight excluding hydrogens is 612 g/mol. The number of rotatable bonds is 7. The molecule has 1 N–H and O–H groups in total. The van der Waals surface area contributed by atoms with E-state index in [1.165, 1.54) is 6.07 Å². The summed E-state index contributed by atoms with van der Waals surface area (Å²) in [5.74, 6) is -1.07.